The summed E-state index contributed by atoms with van der Waals surface area (Å²) in [4.78, 5) is 12.1. The van der Waals surface area contributed by atoms with Crippen molar-refractivity contribution in [2.75, 3.05) is 18.2 Å². The molecule has 0 spiro atoms. The minimum atomic E-state index is -0.463. The molecule has 0 atom stereocenters. The van der Waals surface area contributed by atoms with Crippen molar-refractivity contribution in [1.29, 1.82) is 0 Å². The number of amides is 1. The van der Waals surface area contributed by atoms with E-state index in [0.29, 0.717) is 22.4 Å². The average molecular weight is 407 g/mol. The number of rotatable bonds is 6. The van der Waals surface area contributed by atoms with Crippen molar-refractivity contribution < 1.29 is 13.9 Å². The monoisotopic (exact) mass is 406 g/mol. The zero-order valence-corrected chi connectivity index (χ0v) is 16.1. The maximum absolute atomic E-state index is 13.1. The Morgan fingerprint density at radius 2 is 2.07 bits per heavy atom. The van der Waals surface area contributed by atoms with Crippen molar-refractivity contribution in [3.05, 3.63) is 53.3 Å². The summed E-state index contributed by atoms with van der Waals surface area (Å²) in [6.07, 6.45) is 0. The molecule has 0 fully saturated rings. The lowest BCUT2D eigenvalue weighted by Crippen LogP contribution is -2.14. The molecule has 1 N–H and O–H groups in total. The van der Waals surface area contributed by atoms with Crippen LogP contribution in [0.1, 0.15) is 0 Å². The molecular weight excluding hydrogens is 391 g/mol. The molecule has 6 nitrogen and oxygen atoms in total. The van der Waals surface area contributed by atoms with Gasteiger partial charge in [-0.2, -0.15) is 0 Å². The van der Waals surface area contributed by atoms with Crippen LogP contribution in [0.15, 0.2) is 47.6 Å². The molecule has 0 saturated heterocycles. The second-order valence-electron chi connectivity index (χ2n) is 5.53. The summed E-state index contributed by atoms with van der Waals surface area (Å²) in [5.41, 5.74) is 1.17. The predicted molar refractivity (Wildman–Crippen MR) is 104 cm³/mol. The Hall–Kier alpha value is -2.58. The van der Waals surface area contributed by atoms with E-state index in [2.05, 4.69) is 15.5 Å². The van der Waals surface area contributed by atoms with Crippen molar-refractivity contribution in [2.45, 2.75) is 5.16 Å². The predicted octanol–water partition coefficient (Wildman–Crippen LogP) is 4.01. The summed E-state index contributed by atoms with van der Waals surface area (Å²) in [7, 11) is 3.41. The van der Waals surface area contributed by atoms with Gasteiger partial charge in [0.1, 0.15) is 11.6 Å². The molecule has 1 heterocycles. The van der Waals surface area contributed by atoms with Crippen LogP contribution in [-0.4, -0.2) is 33.5 Å². The zero-order chi connectivity index (χ0) is 19.4. The second-order valence-corrected chi connectivity index (χ2v) is 6.88. The van der Waals surface area contributed by atoms with Crippen LogP contribution in [0.2, 0.25) is 5.02 Å². The van der Waals surface area contributed by atoms with Gasteiger partial charge in [-0.25, -0.2) is 4.39 Å². The molecule has 0 aliphatic carbocycles. The van der Waals surface area contributed by atoms with Crippen LogP contribution in [0.4, 0.5) is 10.1 Å². The lowest BCUT2D eigenvalue weighted by molar-refractivity contribution is -0.113. The highest BCUT2D eigenvalue weighted by Gasteiger charge is 2.16. The summed E-state index contributed by atoms with van der Waals surface area (Å²) < 4.78 is 20.2. The fourth-order valence-electron chi connectivity index (χ4n) is 2.41. The summed E-state index contributed by atoms with van der Waals surface area (Å²) in [5.74, 6) is 0.682. The Bertz CT molecular complexity index is 980. The number of ether oxygens (including phenoxy) is 1. The van der Waals surface area contributed by atoms with Crippen molar-refractivity contribution in [1.82, 2.24) is 14.8 Å². The van der Waals surface area contributed by atoms with E-state index in [1.165, 1.54) is 23.9 Å². The van der Waals surface area contributed by atoms with E-state index in [4.69, 9.17) is 16.3 Å². The molecule has 0 saturated carbocycles. The number of para-hydroxylation sites is 1. The topological polar surface area (TPSA) is 69.0 Å². The molecule has 140 valence electrons. The summed E-state index contributed by atoms with van der Waals surface area (Å²) >= 11 is 7.15. The molecule has 2 aromatic carbocycles. The van der Waals surface area contributed by atoms with Crippen LogP contribution in [0.25, 0.3) is 11.4 Å². The van der Waals surface area contributed by atoms with Gasteiger partial charge in [-0.05, 0) is 30.3 Å². The largest absolute Gasteiger partial charge is 0.496 e. The number of hydrogen-bond donors (Lipinski definition) is 1. The van der Waals surface area contributed by atoms with E-state index in [-0.39, 0.29) is 16.7 Å². The Morgan fingerprint density at radius 3 is 2.81 bits per heavy atom. The quantitative estimate of drug-likeness (QED) is 0.626. The molecule has 27 heavy (non-hydrogen) atoms. The number of halogens is 2. The lowest BCUT2D eigenvalue weighted by atomic mass is 10.2. The maximum atomic E-state index is 13.1. The molecule has 3 rings (SSSR count). The molecule has 1 amide bonds. The molecule has 0 unspecified atom stereocenters. The van der Waals surface area contributed by atoms with Gasteiger partial charge in [0.2, 0.25) is 5.91 Å². The average Bonchev–Trinajstić information content (AvgIpc) is 3.02. The zero-order valence-electron chi connectivity index (χ0n) is 14.6. The van der Waals surface area contributed by atoms with Crippen LogP contribution in [-0.2, 0) is 11.8 Å². The minimum Gasteiger partial charge on any atom is -0.496 e. The summed E-state index contributed by atoms with van der Waals surface area (Å²) in [6.45, 7) is 0. The van der Waals surface area contributed by atoms with Crippen LogP contribution in [0.5, 0.6) is 5.75 Å². The van der Waals surface area contributed by atoms with Gasteiger partial charge in [0.25, 0.3) is 0 Å². The van der Waals surface area contributed by atoms with E-state index in [9.17, 15) is 9.18 Å². The van der Waals surface area contributed by atoms with Crippen LogP contribution < -0.4 is 10.1 Å². The smallest absolute Gasteiger partial charge is 0.234 e. The first-order valence-electron chi connectivity index (χ1n) is 7.90. The second kappa shape index (κ2) is 8.41. The van der Waals surface area contributed by atoms with Gasteiger partial charge in [-0.15, -0.1) is 10.2 Å². The standard InChI is InChI=1S/C18H16ClFN4O2S/c1-24-17(12-5-3-4-6-15(12)26-2)22-23-18(24)27-10-16(25)21-14-8-7-11(20)9-13(14)19/h3-9H,10H2,1-2H3,(H,21,25). The number of thioether (sulfide) groups is 1. The van der Waals surface area contributed by atoms with Crippen LogP contribution >= 0.6 is 23.4 Å². The molecule has 0 radical (unpaired) electrons. The van der Waals surface area contributed by atoms with E-state index in [1.807, 2.05) is 31.3 Å². The van der Waals surface area contributed by atoms with E-state index in [0.717, 1.165) is 11.6 Å². The number of benzene rings is 2. The number of methoxy groups -OCH3 is 1. The first kappa shape index (κ1) is 19.2. The number of carbonyl (C=O) groups is 1. The Labute approximate surface area is 164 Å². The lowest BCUT2D eigenvalue weighted by Gasteiger charge is -2.08. The van der Waals surface area contributed by atoms with E-state index < -0.39 is 5.82 Å². The normalized spacial score (nSPS) is 10.7. The maximum Gasteiger partial charge on any atom is 0.234 e. The molecule has 0 aliphatic heterocycles. The number of nitrogens with zero attached hydrogens (tertiary/aromatic N) is 3. The third-order valence-electron chi connectivity index (χ3n) is 3.72. The number of aromatic nitrogens is 3. The van der Waals surface area contributed by atoms with Crippen LogP contribution in [0.3, 0.4) is 0 Å². The number of hydrogen-bond acceptors (Lipinski definition) is 5. The van der Waals surface area contributed by atoms with Gasteiger partial charge in [0.15, 0.2) is 11.0 Å². The first-order chi connectivity index (χ1) is 13.0. The molecule has 3 aromatic rings. The van der Waals surface area contributed by atoms with Gasteiger partial charge >= 0.3 is 0 Å². The van der Waals surface area contributed by atoms with E-state index >= 15 is 0 Å². The van der Waals surface area contributed by atoms with Crippen LogP contribution in [0, 0.1) is 5.82 Å². The minimum absolute atomic E-state index is 0.103. The highest BCUT2D eigenvalue weighted by atomic mass is 35.5. The van der Waals surface area contributed by atoms with Gasteiger partial charge in [0.05, 0.1) is 29.1 Å². The Morgan fingerprint density at radius 1 is 1.30 bits per heavy atom. The highest BCUT2D eigenvalue weighted by molar-refractivity contribution is 7.99. The highest BCUT2D eigenvalue weighted by Crippen LogP contribution is 2.30. The third kappa shape index (κ3) is 4.40. The SMILES string of the molecule is COc1ccccc1-c1nnc(SCC(=O)Nc2ccc(F)cc2Cl)n1C. The van der Waals surface area contributed by atoms with Gasteiger partial charge in [-0.1, -0.05) is 35.5 Å². The van der Waals surface area contributed by atoms with Gasteiger partial charge < -0.3 is 14.6 Å². The molecule has 1 aromatic heterocycles. The molecule has 0 aliphatic rings. The molecular formula is C18H16ClFN4O2S. The number of anilines is 1. The molecule has 9 heteroatoms. The van der Waals surface area contributed by atoms with Gasteiger partial charge in [-0.3, -0.25) is 4.79 Å². The summed E-state index contributed by atoms with van der Waals surface area (Å²) in [6, 6.07) is 11.3. The van der Waals surface area contributed by atoms with Crippen molar-refractivity contribution in [3.63, 3.8) is 0 Å². The summed E-state index contributed by atoms with van der Waals surface area (Å²) in [5, 5.41) is 11.7. The first-order valence-corrected chi connectivity index (χ1v) is 9.26. The number of nitrogens with one attached hydrogen (secondary N) is 1. The fourth-order valence-corrected chi connectivity index (χ4v) is 3.34. The fraction of sp³-hybridized carbons (Fsp3) is 0.167. The van der Waals surface area contributed by atoms with Crippen molar-refractivity contribution in [2.24, 2.45) is 7.05 Å². The molecule has 0 bridgehead atoms. The Kier molecular flexibility index (Phi) is 5.98. The van der Waals surface area contributed by atoms with Crippen molar-refractivity contribution in [3.8, 4) is 17.1 Å². The third-order valence-corrected chi connectivity index (χ3v) is 5.05. The van der Waals surface area contributed by atoms with Crippen molar-refractivity contribution >= 4 is 35.0 Å². The van der Waals surface area contributed by atoms with E-state index in [1.54, 1.807) is 11.7 Å². The van der Waals surface area contributed by atoms with Gasteiger partial charge in [0, 0.05) is 7.05 Å². The number of carbonyl (C=O) groups excluding carboxylic acids is 1. The Balaban J connectivity index is 1.68.